The first-order chi connectivity index (χ1) is 16.1. The number of ether oxygens (including phenoxy) is 1. The van der Waals surface area contributed by atoms with Crippen LogP contribution in [0.5, 0.6) is 0 Å². The van der Waals surface area contributed by atoms with Crippen LogP contribution in [0, 0.1) is 0 Å². The van der Waals surface area contributed by atoms with Crippen molar-refractivity contribution in [2.45, 2.75) is 19.1 Å². The van der Waals surface area contributed by atoms with Crippen LogP contribution in [0.1, 0.15) is 11.4 Å². The van der Waals surface area contributed by atoms with E-state index in [-0.39, 0.29) is 11.9 Å². The Balaban J connectivity index is 1.27. The van der Waals surface area contributed by atoms with Gasteiger partial charge in [-0.25, -0.2) is 0 Å². The van der Waals surface area contributed by atoms with Crippen molar-refractivity contribution in [2.75, 3.05) is 26.8 Å². The van der Waals surface area contributed by atoms with Gasteiger partial charge in [-0.15, -0.1) is 11.3 Å². The monoisotopic (exact) mass is 481 g/mol. The van der Waals surface area contributed by atoms with Crippen molar-refractivity contribution in [1.29, 1.82) is 0 Å². The molecule has 1 amide bonds. The molecular weight excluding hydrogens is 458 g/mol. The second-order valence-electron chi connectivity index (χ2n) is 8.10. The average Bonchev–Trinajstić information content (AvgIpc) is 3.44. The number of nitrogens with zero attached hydrogens (tertiary/aromatic N) is 4. The smallest absolute Gasteiger partial charge is 0.242 e. The lowest BCUT2D eigenvalue weighted by atomic mass is 10.1. The normalized spacial score (nSPS) is 17.2. The van der Waals surface area contributed by atoms with Gasteiger partial charge in [-0.3, -0.25) is 19.7 Å². The molecule has 4 aromatic rings. The minimum Gasteiger partial charge on any atom is -0.383 e. The number of H-pyrrole nitrogens is 1. The maximum Gasteiger partial charge on any atom is 0.242 e. The zero-order valence-electron chi connectivity index (χ0n) is 18.2. The molecular formula is C24H24ClN5O2S. The number of pyridine rings is 2. The number of methoxy groups -OCH3 is 1. The third-order valence-corrected chi connectivity index (χ3v) is 7.19. The van der Waals surface area contributed by atoms with E-state index in [0.29, 0.717) is 26.2 Å². The van der Waals surface area contributed by atoms with Crippen LogP contribution in [0.4, 0.5) is 0 Å². The average molecular weight is 482 g/mol. The van der Waals surface area contributed by atoms with E-state index in [0.717, 1.165) is 43.6 Å². The standard InChI is InChI=1S/C24H24ClN5O2S/c1-32-15-21-24(31)30(14-19-10-17-11-26-7-6-20(17)28-19)9-8-29(21)13-18-3-2-16(12-27-18)22-4-5-23(25)33-22/h2-7,10-12,21,28H,8-9,13-15H2,1H3/t21-/m0/s1. The van der Waals surface area contributed by atoms with Crippen molar-refractivity contribution in [3.05, 3.63) is 70.7 Å². The summed E-state index contributed by atoms with van der Waals surface area (Å²) in [6, 6.07) is 11.6. The summed E-state index contributed by atoms with van der Waals surface area (Å²) in [5, 5.41) is 1.05. The fourth-order valence-corrected chi connectivity index (χ4v) is 5.26. The molecule has 7 nitrogen and oxygen atoms in total. The van der Waals surface area contributed by atoms with Crippen molar-refractivity contribution in [3.8, 4) is 10.4 Å². The highest BCUT2D eigenvalue weighted by molar-refractivity contribution is 7.19. The first-order valence-corrected chi connectivity index (χ1v) is 11.9. The number of aromatic nitrogens is 3. The van der Waals surface area contributed by atoms with E-state index in [1.165, 1.54) is 11.3 Å². The van der Waals surface area contributed by atoms with Gasteiger partial charge in [0.25, 0.3) is 0 Å². The Kier molecular flexibility index (Phi) is 6.41. The first kappa shape index (κ1) is 22.0. The van der Waals surface area contributed by atoms with Crippen LogP contribution in [0.2, 0.25) is 4.34 Å². The Hall–Kier alpha value is -2.78. The van der Waals surface area contributed by atoms with E-state index in [1.807, 2.05) is 41.6 Å². The Morgan fingerprint density at radius 3 is 2.82 bits per heavy atom. The number of aromatic amines is 1. The molecule has 9 heteroatoms. The molecule has 0 saturated carbocycles. The van der Waals surface area contributed by atoms with Gasteiger partial charge < -0.3 is 14.6 Å². The predicted octanol–water partition coefficient (Wildman–Crippen LogP) is 4.20. The quantitative estimate of drug-likeness (QED) is 0.428. The van der Waals surface area contributed by atoms with E-state index < -0.39 is 0 Å². The van der Waals surface area contributed by atoms with Gasteiger partial charge in [0, 0.05) is 72.4 Å². The number of hydrogen-bond acceptors (Lipinski definition) is 6. The summed E-state index contributed by atoms with van der Waals surface area (Å²) >= 11 is 7.59. The van der Waals surface area contributed by atoms with Gasteiger partial charge in [-0.05, 0) is 30.3 Å². The molecule has 1 fully saturated rings. The maximum absolute atomic E-state index is 13.3. The summed E-state index contributed by atoms with van der Waals surface area (Å²) < 4.78 is 6.17. The summed E-state index contributed by atoms with van der Waals surface area (Å²) in [5.74, 6) is 0.0738. The largest absolute Gasteiger partial charge is 0.383 e. The van der Waals surface area contributed by atoms with Crippen molar-refractivity contribution < 1.29 is 9.53 Å². The SMILES string of the molecule is COC[C@H]1C(=O)N(Cc2cc3cnccc3[nH]2)CCN1Cc1ccc(-c2ccc(Cl)s2)cn1. The topological polar surface area (TPSA) is 74.3 Å². The lowest BCUT2D eigenvalue weighted by Crippen LogP contribution is -2.57. The summed E-state index contributed by atoms with van der Waals surface area (Å²) in [6.07, 6.45) is 5.46. The second kappa shape index (κ2) is 9.61. The Morgan fingerprint density at radius 1 is 1.18 bits per heavy atom. The number of carbonyl (C=O) groups is 1. The number of thiophene rings is 1. The first-order valence-electron chi connectivity index (χ1n) is 10.7. The van der Waals surface area contributed by atoms with Crippen molar-refractivity contribution in [2.24, 2.45) is 0 Å². The summed E-state index contributed by atoms with van der Waals surface area (Å²) in [7, 11) is 1.63. The van der Waals surface area contributed by atoms with E-state index in [1.54, 1.807) is 13.3 Å². The summed E-state index contributed by atoms with van der Waals surface area (Å²) in [4.78, 5) is 30.6. The third-order valence-electron chi connectivity index (χ3n) is 5.90. The van der Waals surface area contributed by atoms with E-state index in [4.69, 9.17) is 16.3 Å². The number of fused-ring (bicyclic) bond motifs is 1. The van der Waals surface area contributed by atoms with Gasteiger partial charge in [0.2, 0.25) is 5.91 Å². The highest BCUT2D eigenvalue weighted by Gasteiger charge is 2.35. The number of rotatable bonds is 7. The fraction of sp³-hybridized carbons (Fsp3) is 0.292. The molecule has 33 heavy (non-hydrogen) atoms. The number of halogens is 1. The summed E-state index contributed by atoms with van der Waals surface area (Å²) in [5.41, 5.74) is 3.99. The number of piperazine rings is 1. The molecule has 5 rings (SSSR count). The van der Waals surface area contributed by atoms with Crippen LogP contribution in [0.25, 0.3) is 21.3 Å². The highest BCUT2D eigenvalue weighted by atomic mass is 35.5. The van der Waals surface area contributed by atoms with Gasteiger partial charge in [0.05, 0.1) is 23.2 Å². The minimum absolute atomic E-state index is 0.0738. The number of nitrogens with one attached hydrogen (secondary N) is 1. The van der Waals surface area contributed by atoms with Crippen molar-refractivity contribution in [1.82, 2.24) is 24.8 Å². The molecule has 0 radical (unpaired) electrons. The Labute approximate surface area is 201 Å². The molecule has 5 heterocycles. The Morgan fingerprint density at radius 2 is 2.09 bits per heavy atom. The van der Waals surface area contributed by atoms with Gasteiger partial charge in [-0.1, -0.05) is 17.7 Å². The van der Waals surface area contributed by atoms with Gasteiger partial charge in [0.15, 0.2) is 0 Å². The van der Waals surface area contributed by atoms with Crippen LogP contribution in [-0.4, -0.2) is 63.5 Å². The van der Waals surface area contributed by atoms with Crippen LogP contribution < -0.4 is 0 Å². The maximum atomic E-state index is 13.3. The molecule has 170 valence electrons. The second-order valence-corrected chi connectivity index (χ2v) is 9.82. The predicted molar refractivity (Wildman–Crippen MR) is 130 cm³/mol. The molecule has 4 aromatic heterocycles. The summed E-state index contributed by atoms with van der Waals surface area (Å²) in [6.45, 7) is 2.89. The van der Waals surface area contributed by atoms with Crippen molar-refractivity contribution >= 4 is 39.7 Å². The Bertz CT molecular complexity index is 1220. The molecule has 1 atom stereocenters. The van der Waals surface area contributed by atoms with Crippen LogP contribution in [0.15, 0.2) is 55.0 Å². The van der Waals surface area contributed by atoms with E-state index in [2.05, 4.69) is 32.0 Å². The third kappa shape index (κ3) is 4.79. The zero-order valence-corrected chi connectivity index (χ0v) is 19.8. The van der Waals surface area contributed by atoms with Gasteiger partial charge in [-0.2, -0.15) is 0 Å². The number of carbonyl (C=O) groups excluding carboxylic acids is 1. The van der Waals surface area contributed by atoms with Crippen LogP contribution in [0.3, 0.4) is 0 Å². The van der Waals surface area contributed by atoms with Crippen LogP contribution in [-0.2, 0) is 22.6 Å². The van der Waals surface area contributed by atoms with Gasteiger partial charge >= 0.3 is 0 Å². The molecule has 0 spiro atoms. The van der Waals surface area contributed by atoms with E-state index >= 15 is 0 Å². The molecule has 0 bridgehead atoms. The van der Waals surface area contributed by atoms with Gasteiger partial charge in [0.1, 0.15) is 6.04 Å². The molecule has 1 N–H and O–H groups in total. The van der Waals surface area contributed by atoms with E-state index in [9.17, 15) is 4.79 Å². The molecule has 1 aliphatic heterocycles. The van der Waals surface area contributed by atoms with Crippen LogP contribution >= 0.6 is 22.9 Å². The molecule has 1 aliphatic rings. The number of hydrogen-bond donors (Lipinski definition) is 1. The lowest BCUT2D eigenvalue weighted by molar-refractivity contribution is -0.145. The number of amides is 1. The lowest BCUT2D eigenvalue weighted by Gasteiger charge is -2.40. The fourth-order valence-electron chi connectivity index (χ4n) is 4.23. The zero-order chi connectivity index (χ0) is 22.8. The minimum atomic E-state index is -0.340. The molecule has 0 aromatic carbocycles. The molecule has 0 unspecified atom stereocenters. The molecule has 1 saturated heterocycles. The molecule has 0 aliphatic carbocycles. The van der Waals surface area contributed by atoms with Crippen molar-refractivity contribution in [3.63, 3.8) is 0 Å². The highest BCUT2D eigenvalue weighted by Crippen LogP contribution is 2.30.